The zero-order valence-corrected chi connectivity index (χ0v) is 22.4. The molecule has 0 aliphatic heterocycles. The van der Waals surface area contributed by atoms with Crippen molar-refractivity contribution in [2.45, 2.75) is 116 Å². The molecule has 182 valence electrons. The first-order valence-corrected chi connectivity index (χ1v) is 15.5. The second kappa shape index (κ2) is 14.5. The Balaban J connectivity index is 2.37. The summed E-state index contributed by atoms with van der Waals surface area (Å²) >= 11 is 0. The summed E-state index contributed by atoms with van der Waals surface area (Å²) in [7, 11) is -2.27. The molecule has 0 saturated carbocycles. The van der Waals surface area contributed by atoms with Crippen LogP contribution in [0.1, 0.15) is 119 Å². The number of rotatable bonds is 15. The molecule has 0 unspecified atom stereocenters. The largest absolute Gasteiger partial charge is 0.516 e. The summed E-state index contributed by atoms with van der Waals surface area (Å²) in [5.41, 5.74) is 0.584. The average Bonchev–Trinajstić information content (AvgIpc) is 2.73. The zero-order chi connectivity index (χ0) is 24.0. The molecule has 0 aliphatic carbocycles. The molecule has 0 aliphatic rings. The Morgan fingerprint density at radius 2 is 1.19 bits per heavy atom. The third-order valence-electron chi connectivity index (χ3n) is 6.50. The van der Waals surface area contributed by atoms with Crippen molar-refractivity contribution >= 4 is 20.3 Å². The van der Waals surface area contributed by atoms with Crippen molar-refractivity contribution in [1.82, 2.24) is 0 Å². The van der Waals surface area contributed by atoms with Gasteiger partial charge in [-0.15, -0.1) is 0 Å². The lowest BCUT2D eigenvalue weighted by Crippen LogP contribution is -2.42. The van der Waals surface area contributed by atoms with Gasteiger partial charge in [-0.1, -0.05) is 104 Å². The summed E-state index contributed by atoms with van der Waals surface area (Å²) < 4.78 is 11.4. The molecule has 0 fully saturated rings. The summed E-state index contributed by atoms with van der Waals surface area (Å²) in [5.74, 6) is -0.876. The normalized spacial score (nSPS) is 11.9. The van der Waals surface area contributed by atoms with Crippen molar-refractivity contribution in [2.24, 2.45) is 0 Å². The van der Waals surface area contributed by atoms with Crippen molar-refractivity contribution in [2.75, 3.05) is 6.61 Å². The molecule has 0 bridgehead atoms. The Kier molecular flexibility index (Phi) is 12.9. The molecule has 5 heteroatoms. The van der Waals surface area contributed by atoms with E-state index in [2.05, 4.69) is 27.7 Å². The van der Waals surface area contributed by atoms with Crippen LogP contribution >= 0.6 is 0 Å². The monoisotopic (exact) mass is 462 g/mol. The first-order valence-electron chi connectivity index (χ1n) is 12.6. The smallest absolute Gasteiger partial charge is 0.339 e. The highest BCUT2D eigenvalue weighted by molar-refractivity contribution is 6.75. The van der Waals surface area contributed by atoms with Crippen molar-refractivity contribution in [3.05, 3.63) is 35.4 Å². The fraction of sp³-hybridized carbons (Fsp3) is 0.704. The van der Waals surface area contributed by atoms with Crippen LogP contribution in [0.2, 0.25) is 18.1 Å². The Morgan fingerprint density at radius 1 is 0.750 bits per heavy atom. The number of benzene rings is 1. The van der Waals surface area contributed by atoms with Crippen LogP contribution in [0.3, 0.4) is 0 Å². The SMILES string of the molecule is CCCCCCCCCCCCCOC(=O)c1ccccc1C(=O)O[Si](C)(C)C(C)(C)C. The van der Waals surface area contributed by atoms with Gasteiger partial charge in [-0.05, 0) is 36.7 Å². The highest BCUT2D eigenvalue weighted by Gasteiger charge is 2.41. The Morgan fingerprint density at radius 3 is 1.66 bits per heavy atom. The number of esters is 1. The van der Waals surface area contributed by atoms with Gasteiger partial charge in [0.1, 0.15) is 0 Å². The van der Waals surface area contributed by atoms with E-state index in [0.29, 0.717) is 17.7 Å². The van der Waals surface area contributed by atoms with Crippen molar-refractivity contribution in [1.29, 1.82) is 0 Å². The predicted molar refractivity (Wildman–Crippen MR) is 136 cm³/mol. The molecule has 0 N–H and O–H groups in total. The number of unbranched alkanes of at least 4 members (excludes halogenated alkanes) is 10. The minimum Gasteiger partial charge on any atom is -0.516 e. The van der Waals surface area contributed by atoms with Gasteiger partial charge in [-0.2, -0.15) is 0 Å². The van der Waals surface area contributed by atoms with Gasteiger partial charge < -0.3 is 9.16 Å². The summed E-state index contributed by atoms with van der Waals surface area (Å²) in [6.07, 6.45) is 13.8. The van der Waals surface area contributed by atoms with Crippen LogP contribution in [0.4, 0.5) is 0 Å². The third-order valence-corrected chi connectivity index (χ3v) is 10.8. The lowest BCUT2D eigenvalue weighted by atomic mass is 10.1. The lowest BCUT2D eigenvalue weighted by molar-refractivity contribution is 0.0488. The fourth-order valence-electron chi connectivity index (χ4n) is 3.29. The first-order chi connectivity index (χ1) is 15.1. The number of ether oxygens (including phenoxy) is 1. The molecule has 0 heterocycles. The summed E-state index contributed by atoms with van der Waals surface area (Å²) in [5, 5.41) is -0.0901. The van der Waals surface area contributed by atoms with E-state index >= 15 is 0 Å². The van der Waals surface area contributed by atoms with E-state index in [1.165, 1.54) is 57.8 Å². The van der Waals surface area contributed by atoms with E-state index in [-0.39, 0.29) is 5.04 Å². The average molecular weight is 463 g/mol. The standard InChI is InChI=1S/C27H46O4Si/c1-7-8-9-10-11-12-13-14-15-16-19-22-30-25(28)23-20-17-18-21-24(23)26(29)31-32(5,6)27(2,3)4/h17-18,20-21H,7-16,19,22H2,1-6H3. The molecule has 32 heavy (non-hydrogen) atoms. The molecule has 0 radical (unpaired) electrons. The molecule has 4 nitrogen and oxygen atoms in total. The van der Waals surface area contributed by atoms with E-state index in [9.17, 15) is 9.59 Å². The second-order valence-electron chi connectivity index (χ2n) is 10.4. The maximum Gasteiger partial charge on any atom is 0.339 e. The fourth-order valence-corrected chi connectivity index (χ4v) is 4.17. The predicted octanol–water partition coefficient (Wildman–Crippen LogP) is 8.32. The summed E-state index contributed by atoms with van der Waals surface area (Å²) in [6, 6.07) is 6.80. The van der Waals surface area contributed by atoms with Gasteiger partial charge in [0.25, 0.3) is 8.32 Å². The van der Waals surface area contributed by atoms with Gasteiger partial charge in [0.15, 0.2) is 0 Å². The van der Waals surface area contributed by atoms with Gasteiger partial charge in [0, 0.05) is 0 Å². The molecule has 1 rings (SSSR count). The van der Waals surface area contributed by atoms with Crippen LogP contribution in [-0.4, -0.2) is 26.9 Å². The quantitative estimate of drug-likeness (QED) is 0.149. The highest BCUT2D eigenvalue weighted by Crippen LogP contribution is 2.37. The molecule has 0 atom stereocenters. The van der Waals surface area contributed by atoms with Gasteiger partial charge >= 0.3 is 11.9 Å². The molecule has 0 amide bonds. The van der Waals surface area contributed by atoms with Crippen LogP contribution in [0.25, 0.3) is 0 Å². The van der Waals surface area contributed by atoms with Crippen LogP contribution in [0.15, 0.2) is 24.3 Å². The van der Waals surface area contributed by atoms with Gasteiger partial charge in [-0.3, -0.25) is 0 Å². The minimum absolute atomic E-state index is 0.0901. The van der Waals surface area contributed by atoms with Crippen LogP contribution in [0, 0.1) is 0 Å². The van der Waals surface area contributed by atoms with E-state index in [1.54, 1.807) is 24.3 Å². The maximum absolute atomic E-state index is 12.8. The number of carbonyl (C=O) groups is 2. The first kappa shape index (κ1) is 28.4. The van der Waals surface area contributed by atoms with Gasteiger partial charge in [-0.25, -0.2) is 9.59 Å². The van der Waals surface area contributed by atoms with Crippen LogP contribution < -0.4 is 0 Å². The van der Waals surface area contributed by atoms with Crippen molar-refractivity contribution in [3.8, 4) is 0 Å². The van der Waals surface area contributed by atoms with Gasteiger partial charge in [0.05, 0.1) is 17.7 Å². The summed E-state index contributed by atoms with van der Waals surface area (Å²) in [4.78, 5) is 25.4. The van der Waals surface area contributed by atoms with E-state index < -0.39 is 20.3 Å². The molecule has 0 saturated heterocycles. The van der Waals surface area contributed by atoms with Crippen LogP contribution in [-0.2, 0) is 9.16 Å². The molecule has 1 aromatic rings. The molecule has 1 aromatic carbocycles. The number of hydrogen-bond acceptors (Lipinski definition) is 4. The van der Waals surface area contributed by atoms with E-state index in [1.807, 2.05) is 13.1 Å². The van der Waals surface area contributed by atoms with Crippen molar-refractivity contribution < 1.29 is 18.8 Å². The van der Waals surface area contributed by atoms with E-state index in [0.717, 1.165) is 12.8 Å². The second-order valence-corrected chi connectivity index (χ2v) is 15.1. The molecule has 0 aromatic heterocycles. The Labute approximate surface area is 197 Å². The lowest BCUT2D eigenvalue weighted by Gasteiger charge is -2.35. The zero-order valence-electron chi connectivity index (χ0n) is 21.4. The Hall–Kier alpha value is -1.62. The molecular weight excluding hydrogens is 416 g/mol. The molecule has 0 spiro atoms. The number of carbonyl (C=O) groups excluding carboxylic acids is 2. The highest BCUT2D eigenvalue weighted by atomic mass is 28.4. The molecular formula is C27H46O4Si. The van der Waals surface area contributed by atoms with Crippen LogP contribution in [0.5, 0.6) is 0 Å². The maximum atomic E-state index is 12.8. The number of hydrogen-bond donors (Lipinski definition) is 0. The Bertz CT molecular complexity index is 691. The third kappa shape index (κ3) is 10.3. The topological polar surface area (TPSA) is 52.6 Å². The van der Waals surface area contributed by atoms with Gasteiger partial charge in [0.2, 0.25) is 0 Å². The van der Waals surface area contributed by atoms with E-state index in [4.69, 9.17) is 9.16 Å². The summed E-state index contributed by atoms with van der Waals surface area (Å²) in [6.45, 7) is 12.9. The van der Waals surface area contributed by atoms with Crippen molar-refractivity contribution in [3.63, 3.8) is 0 Å². The minimum atomic E-state index is -2.27.